The zero-order valence-electron chi connectivity index (χ0n) is 10.8. The van der Waals surface area contributed by atoms with Crippen molar-refractivity contribution in [3.63, 3.8) is 0 Å². The van der Waals surface area contributed by atoms with Crippen molar-refractivity contribution in [1.29, 1.82) is 0 Å². The number of carboxylic acids is 1. The molecule has 3 aromatic rings. The Kier molecular flexibility index (Phi) is 3.13. The first-order chi connectivity index (χ1) is 10.5. The van der Waals surface area contributed by atoms with E-state index >= 15 is 0 Å². The normalized spacial score (nSPS) is 10.8. The second-order valence-electron chi connectivity index (χ2n) is 4.45. The standard InChI is InChI=1S/C14H7F2N3O3/c15-8-1-2-10(16)9(6-8)12-13(18-22)19-4-3-7(14(20)21)5-11(19)17-12/h1-6H,(H,20,21). The highest BCUT2D eigenvalue weighted by atomic mass is 19.1. The van der Waals surface area contributed by atoms with E-state index in [2.05, 4.69) is 10.2 Å². The van der Waals surface area contributed by atoms with Gasteiger partial charge >= 0.3 is 5.97 Å². The Labute approximate surface area is 121 Å². The number of nitrogens with zero attached hydrogens (tertiary/aromatic N) is 3. The quantitative estimate of drug-likeness (QED) is 0.752. The predicted octanol–water partition coefficient (Wildman–Crippen LogP) is 3.38. The van der Waals surface area contributed by atoms with E-state index in [4.69, 9.17) is 5.11 Å². The first-order valence-corrected chi connectivity index (χ1v) is 6.05. The van der Waals surface area contributed by atoms with Crippen LogP contribution in [-0.2, 0) is 0 Å². The maximum Gasteiger partial charge on any atom is 0.335 e. The number of carbonyl (C=O) groups is 1. The average molecular weight is 303 g/mol. The molecule has 1 aromatic carbocycles. The summed E-state index contributed by atoms with van der Waals surface area (Å²) in [5.41, 5.74) is -0.348. The van der Waals surface area contributed by atoms with Crippen molar-refractivity contribution in [2.75, 3.05) is 0 Å². The second-order valence-corrected chi connectivity index (χ2v) is 4.45. The van der Waals surface area contributed by atoms with Gasteiger partial charge in [0.2, 0.25) is 5.82 Å². The minimum absolute atomic E-state index is 0.0544. The number of rotatable bonds is 3. The zero-order valence-corrected chi connectivity index (χ0v) is 10.8. The van der Waals surface area contributed by atoms with Gasteiger partial charge in [0.25, 0.3) is 0 Å². The summed E-state index contributed by atoms with van der Waals surface area (Å²) in [6, 6.07) is 5.19. The van der Waals surface area contributed by atoms with Crippen molar-refractivity contribution in [3.8, 4) is 11.3 Å². The third kappa shape index (κ3) is 2.10. The average Bonchev–Trinajstić information content (AvgIpc) is 2.86. The highest BCUT2D eigenvalue weighted by Crippen LogP contribution is 2.33. The number of aromatic nitrogens is 2. The number of carboxylic acid groups (broad SMARTS) is 1. The molecule has 6 nitrogen and oxygen atoms in total. The molecule has 0 saturated carbocycles. The molecule has 1 N–H and O–H groups in total. The maximum atomic E-state index is 13.9. The molecule has 0 amide bonds. The minimum Gasteiger partial charge on any atom is -0.478 e. The molecular weight excluding hydrogens is 296 g/mol. The topological polar surface area (TPSA) is 84.0 Å². The summed E-state index contributed by atoms with van der Waals surface area (Å²) in [5.74, 6) is -2.88. The summed E-state index contributed by atoms with van der Waals surface area (Å²) in [5, 5.41) is 11.7. The molecule has 2 aromatic heterocycles. The first-order valence-electron chi connectivity index (χ1n) is 6.05. The number of hydrogen-bond donors (Lipinski definition) is 1. The summed E-state index contributed by atoms with van der Waals surface area (Å²) in [6.45, 7) is 0. The summed E-state index contributed by atoms with van der Waals surface area (Å²) in [6.07, 6.45) is 1.28. The largest absolute Gasteiger partial charge is 0.478 e. The molecule has 3 rings (SSSR count). The van der Waals surface area contributed by atoms with Crippen LogP contribution in [0.25, 0.3) is 16.9 Å². The number of imidazole rings is 1. The Balaban J connectivity index is 2.31. The number of nitroso groups, excluding NO2 is 1. The SMILES string of the molecule is O=Nc1c(-c2cc(F)ccc2F)nc2cc(C(=O)O)ccn12. The van der Waals surface area contributed by atoms with Crippen LogP contribution in [0.2, 0.25) is 0 Å². The molecule has 2 heterocycles. The van der Waals surface area contributed by atoms with Crippen LogP contribution in [0.4, 0.5) is 14.6 Å². The van der Waals surface area contributed by atoms with Gasteiger partial charge in [-0.2, -0.15) is 0 Å². The first kappa shape index (κ1) is 13.8. The molecule has 0 spiro atoms. The highest BCUT2D eigenvalue weighted by Gasteiger charge is 2.19. The molecule has 0 aliphatic heterocycles. The van der Waals surface area contributed by atoms with Crippen LogP contribution >= 0.6 is 0 Å². The van der Waals surface area contributed by atoms with Gasteiger partial charge in [-0.25, -0.2) is 18.6 Å². The van der Waals surface area contributed by atoms with Crippen molar-refractivity contribution >= 4 is 17.4 Å². The molecule has 0 fully saturated rings. The summed E-state index contributed by atoms with van der Waals surface area (Å²) in [4.78, 5) is 26.0. The van der Waals surface area contributed by atoms with Crippen molar-refractivity contribution in [2.45, 2.75) is 0 Å². The van der Waals surface area contributed by atoms with E-state index < -0.39 is 17.6 Å². The van der Waals surface area contributed by atoms with Crippen LogP contribution in [-0.4, -0.2) is 20.5 Å². The van der Waals surface area contributed by atoms with Crippen LogP contribution in [0.3, 0.4) is 0 Å². The van der Waals surface area contributed by atoms with Crippen LogP contribution in [0, 0.1) is 16.5 Å². The summed E-state index contributed by atoms with van der Waals surface area (Å²) >= 11 is 0. The van der Waals surface area contributed by atoms with Crippen molar-refractivity contribution in [1.82, 2.24) is 9.38 Å². The number of fused-ring (bicyclic) bond motifs is 1. The number of aromatic carboxylic acids is 1. The van der Waals surface area contributed by atoms with E-state index in [0.717, 1.165) is 18.2 Å². The third-order valence-electron chi connectivity index (χ3n) is 3.12. The van der Waals surface area contributed by atoms with Gasteiger partial charge in [-0.3, -0.25) is 4.40 Å². The van der Waals surface area contributed by atoms with Crippen LogP contribution < -0.4 is 0 Å². The number of pyridine rings is 1. The lowest BCUT2D eigenvalue weighted by Crippen LogP contribution is -1.97. The van der Waals surface area contributed by atoms with Gasteiger partial charge < -0.3 is 5.11 Å². The molecule has 0 bridgehead atoms. The van der Waals surface area contributed by atoms with Crippen molar-refractivity contribution in [3.05, 3.63) is 58.6 Å². The summed E-state index contributed by atoms with van der Waals surface area (Å²) in [7, 11) is 0. The molecule has 8 heteroatoms. The molecule has 0 aliphatic carbocycles. The highest BCUT2D eigenvalue weighted by molar-refractivity contribution is 5.89. The smallest absolute Gasteiger partial charge is 0.335 e. The predicted molar refractivity (Wildman–Crippen MR) is 73.0 cm³/mol. The molecule has 0 radical (unpaired) electrons. The Morgan fingerprint density at radius 1 is 1.23 bits per heavy atom. The molecule has 0 unspecified atom stereocenters. The van der Waals surface area contributed by atoms with Gasteiger partial charge in [0.1, 0.15) is 23.0 Å². The molecule has 22 heavy (non-hydrogen) atoms. The Morgan fingerprint density at radius 2 is 2.00 bits per heavy atom. The lowest BCUT2D eigenvalue weighted by molar-refractivity contribution is 0.0697. The van der Waals surface area contributed by atoms with Gasteiger partial charge in [-0.15, -0.1) is 4.91 Å². The van der Waals surface area contributed by atoms with Gasteiger partial charge in [0.05, 0.1) is 5.56 Å². The van der Waals surface area contributed by atoms with E-state index in [1.807, 2.05) is 0 Å². The molecule has 110 valence electrons. The lowest BCUT2D eigenvalue weighted by atomic mass is 10.1. The van der Waals surface area contributed by atoms with Gasteiger partial charge in [-0.05, 0) is 35.5 Å². The van der Waals surface area contributed by atoms with Gasteiger partial charge in [0.15, 0.2) is 0 Å². The van der Waals surface area contributed by atoms with E-state index in [0.29, 0.717) is 0 Å². The lowest BCUT2D eigenvalue weighted by Gasteiger charge is -2.00. The number of benzene rings is 1. The van der Waals surface area contributed by atoms with Crippen molar-refractivity contribution < 1.29 is 18.7 Å². The van der Waals surface area contributed by atoms with Crippen LogP contribution in [0.1, 0.15) is 10.4 Å². The minimum atomic E-state index is -1.18. The maximum absolute atomic E-state index is 13.9. The molecular formula is C14H7F2N3O3. The van der Waals surface area contributed by atoms with E-state index in [-0.39, 0.29) is 28.3 Å². The third-order valence-corrected chi connectivity index (χ3v) is 3.12. The van der Waals surface area contributed by atoms with Gasteiger partial charge in [-0.1, -0.05) is 0 Å². The fraction of sp³-hybridized carbons (Fsp3) is 0. The molecule has 0 saturated heterocycles. The fourth-order valence-corrected chi connectivity index (χ4v) is 2.11. The zero-order chi connectivity index (χ0) is 15.9. The fourth-order valence-electron chi connectivity index (χ4n) is 2.11. The molecule has 0 aliphatic rings. The van der Waals surface area contributed by atoms with E-state index in [1.165, 1.54) is 22.7 Å². The monoisotopic (exact) mass is 303 g/mol. The van der Waals surface area contributed by atoms with Crippen LogP contribution in [0.5, 0.6) is 0 Å². The van der Waals surface area contributed by atoms with E-state index in [9.17, 15) is 18.5 Å². The molecule has 0 atom stereocenters. The second kappa shape index (κ2) is 4.99. The Hall–Kier alpha value is -3.16. The number of hydrogen-bond acceptors (Lipinski definition) is 4. The Morgan fingerprint density at radius 3 is 2.68 bits per heavy atom. The summed E-state index contributed by atoms with van der Waals surface area (Å²) < 4.78 is 28.4. The van der Waals surface area contributed by atoms with E-state index in [1.54, 1.807) is 0 Å². The van der Waals surface area contributed by atoms with Crippen molar-refractivity contribution in [2.24, 2.45) is 5.18 Å². The Bertz CT molecular complexity index is 921. The number of halogens is 2. The van der Waals surface area contributed by atoms with Gasteiger partial charge in [0, 0.05) is 11.8 Å². The van der Waals surface area contributed by atoms with Crippen LogP contribution in [0.15, 0.2) is 41.7 Å².